The summed E-state index contributed by atoms with van der Waals surface area (Å²) in [5, 5.41) is 6.93. The molecule has 2 rings (SSSR count). The number of ether oxygens (including phenoxy) is 3. The monoisotopic (exact) mass is 455 g/mol. The lowest BCUT2D eigenvalue weighted by atomic mass is 10.2. The molecule has 1 aromatic carbocycles. The number of methoxy groups -OCH3 is 1. The molecule has 0 amide bonds. The van der Waals surface area contributed by atoms with Gasteiger partial charge in [-0.05, 0) is 24.6 Å². The number of nitrogens with one attached hydrogen (secondary N) is 2. The van der Waals surface area contributed by atoms with E-state index < -0.39 is 0 Å². The minimum absolute atomic E-state index is 0. The molecule has 8 heteroatoms. The average molecular weight is 456 g/mol. The Balaban J connectivity index is 0.00000264. The molecule has 0 atom stereocenters. The lowest BCUT2D eigenvalue weighted by Gasteiger charge is -2.20. The van der Waals surface area contributed by atoms with Gasteiger partial charge in [-0.2, -0.15) is 0 Å². The molecule has 0 unspecified atom stereocenters. The number of nitrogens with zero attached hydrogens (tertiary/aromatic N) is 1. The minimum atomic E-state index is 0. The molecule has 0 aromatic heterocycles. The highest BCUT2D eigenvalue weighted by Gasteiger charge is 2.16. The molecule has 6 nitrogen and oxygen atoms in total. The first-order valence-electron chi connectivity index (χ1n) is 7.33. The fourth-order valence-electron chi connectivity index (χ4n) is 2.04. The third kappa shape index (κ3) is 6.23. The van der Waals surface area contributed by atoms with Gasteiger partial charge in [0.05, 0.1) is 18.2 Å². The van der Waals surface area contributed by atoms with Crippen LogP contribution in [0.15, 0.2) is 17.1 Å². The van der Waals surface area contributed by atoms with E-state index in [4.69, 9.17) is 25.8 Å². The number of hydrogen-bond acceptors (Lipinski definition) is 4. The van der Waals surface area contributed by atoms with E-state index in [0.29, 0.717) is 49.4 Å². The van der Waals surface area contributed by atoms with Gasteiger partial charge >= 0.3 is 0 Å². The predicted octanol–water partition coefficient (Wildman–Crippen LogP) is 2.43. The van der Waals surface area contributed by atoms with E-state index in [1.165, 1.54) is 0 Å². The van der Waals surface area contributed by atoms with Gasteiger partial charge in [0.2, 0.25) is 0 Å². The number of hydrogen-bond donors (Lipinski definition) is 2. The average Bonchev–Trinajstić information content (AvgIpc) is 2.53. The van der Waals surface area contributed by atoms with Crippen molar-refractivity contribution in [2.75, 3.05) is 40.0 Å². The molecule has 1 aliphatic rings. The van der Waals surface area contributed by atoms with E-state index in [-0.39, 0.29) is 24.0 Å². The van der Waals surface area contributed by atoms with E-state index in [1.807, 2.05) is 19.1 Å². The number of aliphatic imine (C=N–C) groups is 1. The van der Waals surface area contributed by atoms with Gasteiger partial charge in [-0.25, -0.2) is 4.99 Å². The summed E-state index contributed by atoms with van der Waals surface area (Å²) in [4.78, 5) is 4.53. The van der Waals surface area contributed by atoms with Crippen molar-refractivity contribution < 1.29 is 14.2 Å². The lowest BCUT2D eigenvalue weighted by Crippen LogP contribution is -2.38. The molecule has 0 spiro atoms. The molecule has 1 aliphatic heterocycles. The molecule has 1 aromatic rings. The van der Waals surface area contributed by atoms with Crippen LogP contribution in [0.5, 0.6) is 11.5 Å². The summed E-state index contributed by atoms with van der Waals surface area (Å²) in [5.74, 6) is 2.04. The van der Waals surface area contributed by atoms with Crippen molar-refractivity contribution in [2.24, 2.45) is 4.99 Å². The summed E-state index contributed by atoms with van der Waals surface area (Å²) in [6.07, 6.45) is 0. The van der Waals surface area contributed by atoms with E-state index in [2.05, 4.69) is 15.6 Å². The van der Waals surface area contributed by atoms with Crippen molar-refractivity contribution >= 4 is 41.5 Å². The van der Waals surface area contributed by atoms with Crippen LogP contribution in [0.1, 0.15) is 12.5 Å². The number of benzene rings is 1. The normalized spacial score (nSPS) is 13.3. The van der Waals surface area contributed by atoms with Crippen LogP contribution in [0.3, 0.4) is 0 Å². The molecule has 0 radical (unpaired) electrons. The summed E-state index contributed by atoms with van der Waals surface area (Å²) < 4.78 is 16.1. The van der Waals surface area contributed by atoms with Crippen molar-refractivity contribution in [3.05, 3.63) is 22.7 Å². The maximum atomic E-state index is 6.22. The molecule has 23 heavy (non-hydrogen) atoms. The summed E-state index contributed by atoms with van der Waals surface area (Å²) >= 11 is 6.22. The van der Waals surface area contributed by atoms with Crippen LogP contribution < -0.4 is 20.1 Å². The predicted molar refractivity (Wildman–Crippen MR) is 103 cm³/mol. The highest BCUT2D eigenvalue weighted by atomic mass is 127. The van der Waals surface area contributed by atoms with Gasteiger partial charge in [0.15, 0.2) is 17.5 Å². The second-order valence-electron chi connectivity index (χ2n) is 4.72. The Kier molecular flexibility index (Phi) is 9.42. The number of fused-ring (bicyclic) bond motifs is 1. The lowest BCUT2D eigenvalue weighted by molar-refractivity contribution is 0.171. The van der Waals surface area contributed by atoms with Gasteiger partial charge in [0.25, 0.3) is 0 Å². The molecule has 0 saturated heterocycles. The quantitative estimate of drug-likeness (QED) is 0.299. The van der Waals surface area contributed by atoms with Crippen molar-refractivity contribution in [1.29, 1.82) is 0 Å². The molecule has 0 saturated carbocycles. The molecule has 0 fully saturated rings. The highest BCUT2D eigenvalue weighted by molar-refractivity contribution is 14.0. The molecule has 2 N–H and O–H groups in total. The first-order valence-corrected chi connectivity index (χ1v) is 7.71. The zero-order chi connectivity index (χ0) is 15.8. The number of rotatable bonds is 6. The topological polar surface area (TPSA) is 64.1 Å². The second-order valence-corrected chi connectivity index (χ2v) is 5.12. The van der Waals surface area contributed by atoms with Gasteiger partial charge in [0, 0.05) is 20.2 Å². The van der Waals surface area contributed by atoms with Crippen LogP contribution >= 0.6 is 35.6 Å². The third-order valence-corrected chi connectivity index (χ3v) is 3.30. The Bertz CT molecular complexity index is 529. The van der Waals surface area contributed by atoms with Crippen LogP contribution in [0.2, 0.25) is 5.02 Å². The molecule has 0 aliphatic carbocycles. The highest BCUT2D eigenvalue weighted by Crippen LogP contribution is 2.38. The molecular formula is C15H23ClIN3O3. The first-order chi connectivity index (χ1) is 10.7. The first kappa shape index (κ1) is 20.1. The van der Waals surface area contributed by atoms with Crippen molar-refractivity contribution in [2.45, 2.75) is 13.5 Å². The zero-order valence-corrected chi connectivity index (χ0v) is 16.4. The Labute approximate surface area is 158 Å². The fraction of sp³-hybridized carbons (Fsp3) is 0.533. The van der Waals surface area contributed by atoms with Crippen LogP contribution in [-0.2, 0) is 11.3 Å². The van der Waals surface area contributed by atoms with Crippen molar-refractivity contribution in [3.63, 3.8) is 0 Å². The molecule has 0 bridgehead atoms. The summed E-state index contributed by atoms with van der Waals surface area (Å²) in [5.41, 5.74) is 0.971. The second kappa shape index (κ2) is 10.8. The van der Waals surface area contributed by atoms with Gasteiger partial charge in [-0.1, -0.05) is 11.6 Å². The van der Waals surface area contributed by atoms with Crippen LogP contribution in [0.4, 0.5) is 0 Å². The van der Waals surface area contributed by atoms with Gasteiger partial charge in [-0.3, -0.25) is 0 Å². The Morgan fingerprint density at radius 1 is 1.30 bits per heavy atom. The van der Waals surface area contributed by atoms with E-state index in [9.17, 15) is 0 Å². The fourth-order valence-corrected chi connectivity index (χ4v) is 2.33. The van der Waals surface area contributed by atoms with Crippen LogP contribution in [0.25, 0.3) is 0 Å². The maximum absolute atomic E-state index is 6.22. The van der Waals surface area contributed by atoms with Gasteiger partial charge < -0.3 is 24.8 Å². The Morgan fingerprint density at radius 3 is 2.83 bits per heavy atom. The SMILES string of the molecule is CCNC(=NCc1cc(Cl)c2c(c1)OCCO2)NCCOC.I. The Morgan fingerprint density at radius 2 is 2.09 bits per heavy atom. The molecule has 130 valence electrons. The number of halogens is 2. The van der Waals surface area contributed by atoms with Gasteiger partial charge in [0.1, 0.15) is 13.2 Å². The third-order valence-electron chi connectivity index (χ3n) is 3.02. The standard InChI is InChI=1S/C15H22ClN3O3.HI/c1-3-17-15(18-4-5-20-2)19-10-11-8-12(16)14-13(9-11)21-6-7-22-14;/h8-9H,3-7,10H2,1-2H3,(H2,17,18,19);1H. The van der Waals surface area contributed by atoms with Crippen molar-refractivity contribution in [1.82, 2.24) is 10.6 Å². The zero-order valence-electron chi connectivity index (χ0n) is 13.4. The van der Waals surface area contributed by atoms with Crippen molar-refractivity contribution in [3.8, 4) is 11.5 Å². The minimum Gasteiger partial charge on any atom is -0.486 e. The summed E-state index contributed by atoms with van der Waals surface area (Å²) in [6.45, 7) is 5.70. The van der Waals surface area contributed by atoms with Crippen LogP contribution in [0, 0.1) is 0 Å². The number of guanidine groups is 1. The van der Waals surface area contributed by atoms with E-state index in [1.54, 1.807) is 7.11 Å². The van der Waals surface area contributed by atoms with Crippen LogP contribution in [-0.4, -0.2) is 46.0 Å². The summed E-state index contributed by atoms with van der Waals surface area (Å²) in [6, 6.07) is 3.78. The maximum Gasteiger partial charge on any atom is 0.191 e. The Hall–Kier alpha value is -0.930. The van der Waals surface area contributed by atoms with E-state index in [0.717, 1.165) is 18.1 Å². The molecular weight excluding hydrogens is 433 g/mol. The summed E-state index contributed by atoms with van der Waals surface area (Å²) in [7, 11) is 1.67. The van der Waals surface area contributed by atoms with E-state index >= 15 is 0 Å². The largest absolute Gasteiger partial charge is 0.486 e. The van der Waals surface area contributed by atoms with Gasteiger partial charge in [-0.15, -0.1) is 24.0 Å². The molecule has 1 heterocycles. The smallest absolute Gasteiger partial charge is 0.191 e.